The summed E-state index contributed by atoms with van der Waals surface area (Å²) < 4.78 is 17.0. The van der Waals surface area contributed by atoms with Crippen molar-refractivity contribution in [3.63, 3.8) is 0 Å². The van der Waals surface area contributed by atoms with Crippen molar-refractivity contribution >= 4 is 5.97 Å². The molecule has 0 bridgehead atoms. The Balaban J connectivity index is 1.14. The molecule has 0 atom stereocenters. The van der Waals surface area contributed by atoms with Gasteiger partial charge in [0.2, 0.25) is 0 Å². The predicted molar refractivity (Wildman–Crippen MR) is 125 cm³/mol. The Labute approximate surface area is 190 Å². The summed E-state index contributed by atoms with van der Waals surface area (Å²) >= 11 is 0. The molecule has 4 nitrogen and oxygen atoms in total. The van der Waals surface area contributed by atoms with Crippen molar-refractivity contribution in [2.24, 2.45) is 5.92 Å². The molecule has 166 valence electrons. The summed E-state index contributed by atoms with van der Waals surface area (Å²) in [5, 5.41) is 0. The van der Waals surface area contributed by atoms with Gasteiger partial charge in [-0.2, -0.15) is 0 Å². The molecule has 0 unspecified atom stereocenters. The number of hydrogen-bond acceptors (Lipinski definition) is 4. The number of carbonyl (C=O) groups is 1. The Morgan fingerprint density at radius 1 is 0.750 bits per heavy atom. The number of para-hydroxylation sites is 1. The highest BCUT2D eigenvalue weighted by Crippen LogP contribution is 2.30. The van der Waals surface area contributed by atoms with E-state index in [2.05, 4.69) is 12.1 Å². The zero-order valence-electron chi connectivity index (χ0n) is 18.3. The van der Waals surface area contributed by atoms with Gasteiger partial charge in [0.05, 0.1) is 11.7 Å². The summed E-state index contributed by atoms with van der Waals surface area (Å²) in [5.74, 6) is 1.84. The van der Waals surface area contributed by atoms with Crippen LogP contribution < -0.4 is 9.47 Å². The van der Waals surface area contributed by atoms with Crippen molar-refractivity contribution in [3.8, 4) is 11.5 Å². The zero-order valence-corrected chi connectivity index (χ0v) is 18.3. The van der Waals surface area contributed by atoms with Gasteiger partial charge in [0.1, 0.15) is 11.5 Å². The van der Waals surface area contributed by atoms with E-state index < -0.39 is 0 Å². The van der Waals surface area contributed by atoms with Crippen molar-refractivity contribution in [1.82, 2.24) is 0 Å². The van der Waals surface area contributed by atoms with Gasteiger partial charge >= 0.3 is 5.97 Å². The molecule has 0 heterocycles. The molecule has 0 spiro atoms. The summed E-state index contributed by atoms with van der Waals surface area (Å²) in [7, 11) is 0. The number of rotatable bonds is 9. The highest BCUT2D eigenvalue weighted by Gasteiger charge is 2.21. The molecule has 3 aromatic rings. The van der Waals surface area contributed by atoms with E-state index in [9.17, 15) is 4.79 Å². The van der Waals surface area contributed by atoms with Crippen LogP contribution in [0.4, 0.5) is 0 Å². The molecule has 0 saturated heterocycles. The van der Waals surface area contributed by atoms with Crippen molar-refractivity contribution < 1.29 is 19.0 Å². The lowest BCUT2D eigenvalue weighted by Crippen LogP contribution is -2.23. The summed E-state index contributed by atoms with van der Waals surface area (Å²) in [6.45, 7) is 0.320. The molecule has 0 radical (unpaired) electrons. The lowest BCUT2D eigenvalue weighted by molar-refractivity contribution is -0.0552. The fraction of sp³-hybridized carbons (Fsp3) is 0.321. The Morgan fingerprint density at radius 2 is 1.41 bits per heavy atom. The van der Waals surface area contributed by atoms with Gasteiger partial charge in [0, 0.05) is 0 Å². The third-order valence-electron chi connectivity index (χ3n) is 6.05. The number of esters is 1. The normalized spacial score (nSPS) is 18.1. The van der Waals surface area contributed by atoms with Gasteiger partial charge in [-0.3, -0.25) is 0 Å². The molecule has 1 saturated carbocycles. The number of carbonyl (C=O) groups excluding carboxylic acids is 1. The van der Waals surface area contributed by atoms with Crippen LogP contribution >= 0.6 is 0 Å². The van der Waals surface area contributed by atoms with Crippen LogP contribution in [0, 0.1) is 5.92 Å². The summed E-state index contributed by atoms with van der Waals surface area (Å²) in [4.78, 5) is 12.2. The van der Waals surface area contributed by atoms with Gasteiger partial charge in [0.25, 0.3) is 0 Å². The first-order chi connectivity index (χ1) is 15.8. The third kappa shape index (κ3) is 6.69. The zero-order chi connectivity index (χ0) is 22.0. The largest absolute Gasteiger partial charge is 0.468 e. The first kappa shape index (κ1) is 22.1. The Hall–Kier alpha value is -3.11. The van der Waals surface area contributed by atoms with Gasteiger partial charge in [-0.25, -0.2) is 4.79 Å². The number of hydrogen-bond donors (Lipinski definition) is 0. The van der Waals surface area contributed by atoms with Gasteiger partial charge in [-0.1, -0.05) is 48.5 Å². The van der Waals surface area contributed by atoms with E-state index >= 15 is 0 Å². The number of ether oxygens (including phenoxy) is 3. The first-order valence-corrected chi connectivity index (χ1v) is 11.4. The Morgan fingerprint density at radius 3 is 2.09 bits per heavy atom. The minimum Gasteiger partial charge on any atom is -0.468 e. The molecule has 4 rings (SSSR count). The smallest absolute Gasteiger partial charge is 0.343 e. The molecule has 1 aliphatic carbocycles. The molecule has 3 aromatic carbocycles. The summed E-state index contributed by atoms with van der Waals surface area (Å²) in [6.07, 6.45) is 7.10. The van der Waals surface area contributed by atoms with Crippen LogP contribution in [0.15, 0.2) is 84.9 Å². The highest BCUT2D eigenvalue weighted by molar-refractivity contribution is 5.90. The van der Waals surface area contributed by atoms with Crippen molar-refractivity contribution in [2.45, 2.75) is 44.6 Å². The molecule has 32 heavy (non-hydrogen) atoms. The minimum absolute atomic E-state index is 0.300. The lowest BCUT2D eigenvalue weighted by atomic mass is 9.84. The molecule has 0 N–H and O–H groups in total. The van der Waals surface area contributed by atoms with E-state index in [1.165, 1.54) is 24.8 Å². The first-order valence-electron chi connectivity index (χ1n) is 11.4. The van der Waals surface area contributed by atoms with Crippen molar-refractivity contribution in [1.29, 1.82) is 0 Å². The van der Waals surface area contributed by atoms with E-state index in [0.29, 0.717) is 24.2 Å². The average molecular weight is 431 g/mol. The van der Waals surface area contributed by atoms with E-state index in [-0.39, 0.29) is 5.97 Å². The molecule has 0 aromatic heterocycles. The molecular weight excluding hydrogens is 400 g/mol. The third-order valence-corrected chi connectivity index (χ3v) is 6.05. The Kier molecular flexibility index (Phi) is 7.94. The molecule has 4 heteroatoms. The summed E-state index contributed by atoms with van der Waals surface area (Å²) in [6, 6.07) is 26.7. The maximum absolute atomic E-state index is 12.2. The van der Waals surface area contributed by atoms with Gasteiger partial charge in [0.15, 0.2) is 6.79 Å². The van der Waals surface area contributed by atoms with Gasteiger partial charge in [-0.05, 0) is 86.4 Å². The highest BCUT2D eigenvalue weighted by atomic mass is 16.7. The second-order valence-corrected chi connectivity index (χ2v) is 8.32. The molecule has 1 fully saturated rings. The van der Waals surface area contributed by atoms with Crippen LogP contribution in [0.25, 0.3) is 0 Å². The molecular formula is C28H30O4. The molecule has 1 aliphatic rings. The van der Waals surface area contributed by atoms with E-state index in [0.717, 1.165) is 30.9 Å². The predicted octanol–water partition coefficient (Wildman–Crippen LogP) is 6.45. The van der Waals surface area contributed by atoms with Crippen LogP contribution in [0.5, 0.6) is 11.5 Å². The topological polar surface area (TPSA) is 44.8 Å². The second-order valence-electron chi connectivity index (χ2n) is 8.32. The fourth-order valence-corrected chi connectivity index (χ4v) is 4.14. The monoisotopic (exact) mass is 430 g/mol. The average Bonchev–Trinajstić information content (AvgIpc) is 2.85. The lowest BCUT2D eigenvalue weighted by Gasteiger charge is -2.28. The maximum Gasteiger partial charge on any atom is 0.343 e. The van der Waals surface area contributed by atoms with Gasteiger partial charge < -0.3 is 14.2 Å². The number of benzene rings is 3. The second kappa shape index (κ2) is 11.5. The molecule has 0 amide bonds. The van der Waals surface area contributed by atoms with Crippen LogP contribution in [-0.4, -0.2) is 18.9 Å². The molecule has 0 aliphatic heterocycles. The van der Waals surface area contributed by atoms with E-state index in [1.54, 1.807) is 12.1 Å². The SMILES string of the molecule is O=C(Oc1ccc(CCC2CCC(OCOc3ccccc3)CC2)cc1)c1ccccc1. The van der Waals surface area contributed by atoms with Crippen molar-refractivity contribution in [3.05, 3.63) is 96.1 Å². The van der Waals surface area contributed by atoms with Crippen molar-refractivity contribution in [2.75, 3.05) is 6.79 Å². The van der Waals surface area contributed by atoms with Crippen LogP contribution in [0.1, 0.15) is 48.0 Å². The maximum atomic E-state index is 12.2. The fourth-order valence-electron chi connectivity index (χ4n) is 4.14. The van der Waals surface area contributed by atoms with Gasteiger partial charge in [-0.15, -0.1) is 0 Å². The van der Waals surface area contributed by atoms with E-state index in [1.807, 2.05) is 60.7 Å². The quantitative estimate of drug-likeness (QED) is 0.222. The Bertz CT molecular complexity index is 946. The minimum atomic E-state index is -0.327. The van der Waals surface area contributed by atoms with E-state index in [4.69, 9.17) is 14.2 Å². The number of aryl methyl sites for hydroxylation is 1. The standard InChI is InChI=1S/C28H30O4/c29-28(24-7-3-1-4-8-24)32-27-19-15-23(16-20-27)12-11-22-13-17-26(18-14-22)31-21-30-25-9-5-2-6-10-25/h1-10,15-16,19-20,22,26H,11-14,17-18,21H2. The summed E-state index contributed by atoms with van der Waals surface area (Å²) in [5.41, 5.74) is 1.84. The van der Waals surface area contributed by atoms with Crippen LogP contribution in [0.3, 0.4) is 0 Å². The van der Waals surface area contributed by atoms with Crippen LogP contribution in [0.2, 0.25) is 0 Å². The van der Waals surface area contributed by atoms with Crippen LogP contribution in [-0.2, 0) is 11.2 Å².